The fourth-order valence-corrected chi connectivity index (χ4v) is 3.58. The minimum atomic E-state index is 0.494. The smallest absolute Gasteiger partial charge is 0.0717 e. The average Bonchev–Trinajstić information content (AvgIpc) is 2.39. The number of hydrogen-bond donors (Lipinski definition) is 0. The van der Waals surface area contributed by atoms with Gasteiger partial charge in [0.25, 0.3) is 0 Å². The van der Waals surface area contributed by atoms with Crippen LogP contribution in [0.15, 0.2) is 30.3 Å². The highest BCUT2D eigenvalue weighted by Crippen LogP contribution is 2.42. The molecule has 0 aromatic heterocycles. The van der Waals surface area contributed by atoms with E-state index in [1.807, 2.05) is 18.2 Å². The van der Waals surface area contributed by atoms with Gasteiger partial charge in [-0.05, 0) is 35.0 Å². The number of methoxy groups -OCH3 is 1. The van der Waals surface area contributed by atoms with Gasteiger partial charge in [-0.15, -0.1) is 0 Å². The fraction of sp³-hybridized carbons (Fsp3) is 0.600. The van der Waals surface area contributed by atoms with Crippen molar-refractivity contribution in [3.63, 3.8) is 0 Å². The molecule has 2 rings (SSSR count). The van der Waals surface area contributed by atoms with Crippen molar-refractivity contribution >= 4 is 21.7 Å². The topological polar surface area (TPSA) is 18.5 Å². The van der Waals surface area contributed by atoms with Gasteiger partial charge < -0.3 is 9.47 Å². The second-order valence-electron chi connectivity index (χ2n) is 5.16. The molecule has 0 bridgehead atoms. The van der Waals surface area contributed by atoms with E-state index >= 15 is 0 Å². The molecule has 1 aromatic carbocycles. The second kappa shape index (κ2) is 8.15. The molecule has 1 unspecified atom stereocenters. The van der Waals surface area contributed by atoms with Crippen LogP contribution in [-0.2, 0) is 16.1 Å². The molecule has 0 heterocycles. The largest absolute Gasteiger partial charge is 0.384 e. The maximum atomic E-state index is 5.84. The summed E-state index contributed by atoms with van der Waals surface area (Å²) in [5.41, 5.74) is 1.22. The van der Waals surface area contributed by atoms with Crippen LogP contribution in [0.25, 0.3) is 0 Å². The Morgan fingerprint density at radius 3 is 2.63 bits per heavy atom. The summed E-state index contributed by atoms with van der Waals surface area (Å²) in [6, 6.07) is 10.3. The van der Waals surface area contributed by atoms with Crippen molar-refractivity contribution < 1.29 is 9.47 Å². The van der Waals surface area contributed by atoms with Crippen molar-refractivity contribution in [2.75, 3.05) is 20.3 Å². The molecule has 1 atom stereocenters. The lowest BCUT2D eigenvalue weighted by Crippen LogP contribution is -2.36. The maximum absolute atomic E-state index is 5.84. The number of ether oxygens (including phenoxy) is 2. The van der Waals surface area contributed by atoms with Gasteiger partial charge in [-0.25, -0.2) is 0 Å². The van der Waals surface area contributed by atoms with Crippen LogP contribution in [0.1, 0.15) is 18.4 Å². The lowest BCUT2D eigenvalue weighted by Gasteiger charge is -2.38. The van der Waals surface area contributed by atoms with E-state index in [1.165, 1.54) is 29.4 Å². The average molecular weight is 301 g/mol. The summed E-state index contributed by atoms with van der Waals surface area (Å²) in [6.45, 7) is 2.23. The lowest BCUT2D eigenvalue weighted by atomic mass is 9.76. The molecule has 1 fully saturated rings. The summed E-state index contributed by atoms with van der Waals surface area (Å²) < 4.78 is 11.2. The Bertz CT molecular complexity index is 354. The van der Waals surface area contributed by atoms with E-state index in [4.69, 9.17) is 20.2 Å². The van der Waals surface area contributed by atoms with Crippen molar-refractivity contribution in [1.82, 2.24) is 0 Å². The molecule has 0 aliphatic heterocycles. The molecule has 0 saturated heterocycles. The zero-order chi connectivity index (χ0) is 13.5. The monoisotopic (exact) mass is 300 g/mol. The molecular formula is C15H21ClO2S. The molecule has 1 saturated carbocycles. The molecule has 4 heteroatoms. The van der Waals surface area contributed by atoms with Crippen LogP contribution in [-0.4, -0.2) is 25.6 Å². The molecule has 0 N–H and O–H groups in total. The summed E-state index contributed by atoms with van der Waals surface area (Å²) in [6.07, 6.45) is 2.38. The molecular weight excluding hydrogens is 280 g/mol. The van der Waals surface area contributed by atoms with Crippen molar-refractivity contribution in [2.45, 2.75) is 24.7 Å². The maximum Gasteiger partial charge on any atom is 0.0717 e. The third-order valence-electron chi connectivity index (χ3n) is 3.75. The second-order valence-corrected chi connectivity index (χ2v) is 6.54. The fourth-order valence-electron chi connectivity index (χ4n) is 2.50. The number of halogens is 1. The highest BCUT2D eigenvalue weighted by atomic mass is 35.7. The van der Waals surface area contributed by atoms with Gasteiger partial charge in [0.05, 0.1) is 19.8 Å². The predicted molar refractivity (Wildman–Crippen MR) is 81.4 cm³/mol. The van der Waals surface area contributed by atoms with Crippen molar-refractivity contribution in [2.24, 2.45) is 11.8 Å². The minimum absolute atomic E-state index is 0.494. The summed E-state index contributed by atoms with van der Waals surface area (Å²) in [7, 11) is 9.01. The minimum Gasteiger partial charge on any atom is -0.384 e. The van der Waals surface area contributed by atoms with Gasteiger partial charge in [-0.1, -0.05) is 41.3 Å². The van der Waals surface area contributed by atoms with E-state index in [9.17, 15) is 0 Å². The standard InChI is InChI=1S/C15H21ClO2S/c1-17-10-14(13-7-15(8-13)19-16)11-18-9-12-5-3-2-4-6-12/h2-6,13-15H,7-11H2,1H3. The van der Waals surface area contributed by atoms with Crippen LogP contribution in [0.5, 0.6) is 0 Å². The number of hydrogen-bond acceptors (Lipinski definition) is 3. The van der Waals surface area contributed by atoms with Gasteiger partial charge in [-0.2, -0.15) is 0 Å². The van der Waals surface area contributed by atoms with Crippen molar-refractivity contribution in [3.8, 4) is 0 Å². The van der Waals surface area contributed by atoms with Crippen LogP contribution in [0, 0.1) is 11.8 Å². The molecule has 19 heavy (non-hydrogen) atoms. The van der Waals surface area contributed by atoms with E-state index in [-0.39, 0.29) is 0 Å². The molecule has 0 spiro atoms. The third kappa shape index (κ3) is 4.67. The van der Waals surface area contributed by atoms with Crippen LogP contribution >= 0.6 is 21.7 Å². The summed E-state index contributed by atoms with van der Waals surface area (Å²) in [4.78, 5) is 0. The van der Waals surface area contributed by atoms with Crippen LogP contribution in [0.4, 0.5) is 0 Å². The van der Waals surface area contributed by atoms with Crippen LogP contribution in [0.3, 0.4) is 0 Å². The van der Waals surface area contributed by atoms with Gasteiger partial charge in [0.1, 0.15) is 0 Å². The predicted octanol–water partition coefficient (Wildman–Crippen LogP) is 4.13. The Labute approximate surface area is 124 Å². The van der Waals surface area contributed by atoms with Crippen LogP contribution < -0.4 is 0 Å². The first-order valence-electron chi connectivity index (χ1n) is 6.71. The van der Waals surface area contributed by atoms with Gasteiger partial charge in [-0.3, -0.25) is 0 Å². The molecule has 106 valence electrons. The van der Waals surface area contributed by atoms with Crippen molar-refractivity contribution in [3.05, 3.63) is 35.9 Å². The van der Waals surface area contributed by atoms with Crippen molar-refractivity contribution in [1.29, 1.82) is 0 Å². The Morgan fingerprint density at radius 1 is 1.26 bits per heavy atom. The Morgan fingerprint density at radius 2 is 2.00 bits per heavy atom. The van der Waals surface area contributed by atoms with E-state index < -0.39 is 0 Å². The normalized spacial score (nSPS) is 23.9. The zero-order valence-electron chi connectivity index (χ0n) is 11.3. The van der Waals surface area contributed by atoms with Gasteiger partial charge >= 0.3 is 0 Å². The summed E-state index contributed by atoms with van der Waals surface area (Å²) >= 11 is 0. The number of rotatable bonds is 8. The van der Waals surface area contributed by atoms with Crippen LogP contribution in [0.2, 0.25) is 0 Å². The molecule has 1 aromatic rings. The Hall–Kier alpha value is -0.220. The first-order chi connectivity index (χ1) is 9.33. The Kier molecular flexibility index (Phi) is 6.51. The van der Waals surface area contributed by atoms with Gasteiger partial charge in [0, 0.05) is 18.3 Å². The van der Waals surface area contributed by atoms with E-state index in [1.54, 1.807) is 7.11 Å². The highest BCUT2D eigenvalue weighted by Gasteiger charge is 2.35. The third-order valence-corrected chi connectivity index (χ3v) is 5.14. The van der Waals surface area contributed by atoms with Gasteiger partial charge in [0.15, 0.2) is 0 Å². The molecule has 1 aliphatic rings. The van der Waals surface area contributed by atoms with E-state index in [0.717, 1.165) is 13.2 Å². The quantitative estimate of drug-likeness (QED) is 0.719. The number of benzene rings is 1. The molecule has 0 amide bonds. The molecule has 1 aliphatic carbocycles. The lowest BCUT2D eigenvalue weighted by molar-refractivity contribution is 0.00769. The SMILES string of the molecule is COCC(COCc1ccccc1)C1CC(SCl)C1. The summed E-state index contributed by atoms with van der Waals surface area (Å²) in [5, 5.41) is 0.625. The van der Waals surface area contributed by atoms with Gasteiger partial charge in [0.2, 0.25) is 0 Å². The summed E-state index contributed by atoms with van der Waals surface area (Å²) in [5.74, 6) is 1.20. The van der Waals surface area contributed by atoms with E-state index in [2.05, 4.69) is 12.1 Å². The highest BCUT2D eigenvalue weighted by molar-refractivity contribution is 8.21. The first kappa shape index (κ1) is 15.2. The first-order valence-corrected chi connectivity index (χ1v) is 8.42. The molecule has 2 nitrogen and oxygen atoms in total. The zero-order valence-corrected chi connectivity index (χ0v) is 12.8. The Balaban J connectivity index is 1.72. The molecule has 0 radical (unpaired) electrons. The van der Waals surface area contributed by atoms with E-state index in [0.29, 0.717) is 23.7 Å².